The summed E-state index contributed by atoms with van der Waals surface area (Å²) in [6.07, 6.45) is -0.133. The average molecular weight is 114 g/mol. The van der Waals surface area contributed by atoms with Crippen LogP contribution in [0.3, 0.4) is 0 Å². The molecule has 0 saturated carbocycles. The van der Waals surface area contributed by atoms with Crippen molar-refractivity contribution in [3.63, 3.8) is 0 Å². The van der Waals surface area contributed by atoms with E-state index in [2.05, 4.69) is 11.8 Å². The van der Waals surface area contributed by atoms with Crippen LogP contribution < -0.4 is 0 Å². The van der Waals surface area contributed by atoms with Gasteiger partial charge in [0.25, 0.3) is 0 Å². The molecule has 0 aliphatic heterocycles. The van der Waals surface area contributed by atoms with E-state index in [0.29, 0.717) is 0 Å². The second-order valence-corrected chi connectivity index (χ2v) is 1.37. The zero-order chi connectivity index (χ0) is 6.41. The van der Waals surface area contributed by atoms with Crippen molar-refractivity contribution in [2.75, 3.05) is 6.61 Å². The monoisotopic (exact) mass is 114 g/mol. The first-order chi connectivity index (χ1) is 3.81. The van der Waals surface area contributed by atoms with Gasteiger partial charge in [-0.15, -0.1) is 5.92 Å². The molecule has 0 rings (SSSR count). The normalized spacial score (nSPS) is 11.9. The minimum atomic E-state index is -0.852. The summed E-state index contributed by atoms with van der Waals surface area (Å²) in [7, 11) is 0. The molecule has 0 aromatic carbocycles. The minimum Gasteiger partial charge on any atom is -0.393 e. The van der Waals surface area contributed by atoms with E-state index in [4.69, 9.17) is 10.2 Å². The maximum Gasteiger partial charge on any atom is 0.137 e. The molecule has 0 radical (unpaired) electrons. The maximum atomic E-state index is 8.57. The highest BCUT2D eigenvalue weighted by atomic mass is 16.3. The van der Waals surface area contributed by atoms with E-state index in [9.17, 15) is 0 Å². The van der Waals surface area contributed by atoms with Crippen molar-refractivity contribution in [3.05, 3.63) is 0 Å². The maximum absolute atomic E-state index is 8.57. The molecule has 0 fully saturated rings. The molecule has 0 aromatic heterocycles. The molecule has 2 heteroatoms. The lowest BCUT2D eigenvalue weighted by Crippen LogP contribution is -2.07. The summed E-state index contributed by atoms with van der Waals surface area (Å²) < 4.78 is 0. The lowest BCUT2D eigenvalue weighted by atomic mass is 10.3. The first kappa shape index (κ1) is 7.48. The van der Waals surface area contributed by atoms with Crippen molar-refractivity contribution >= 4 is 0 Å². The zero-order valence-corrected chi connectivity index (χ0v) is 4.89. The Bertz CT molecular complexity index is 98.8. The van der Waals surface area contributed by atoms with Crippen LogP contribution in [0.2, 0.25) is 0 Å². The molecule has 2 nitrogen and oxygen atoms in total. The zero-order valence-electron chi connectivity index (χ0n) is 4.89. The van der Waals surface area contributed by atoms with Gasteiger partial charge in [0.15, 0.2) is 0 Å². The molecule has 2 N–H and O–H groups in total. The van der Waals surface area contributed by atoms with Crippen LogP contribution in [-0.2, 0) is 0 Å². The van der Waals surface area contributed by atoms with Crippen LogP contribution in [0, 0.1) is 11.8 Å². The molecule has 0 aliphatic carbocycles. The second-order valence-electron chi connectivity index (χ2n) is 1.37. The summed E-state index contributed by atoms with van der Waals surface area (Å²) in [4.78, 5) is 0. The number of hydrogen-bond acceptors (Lipinski definition) is 2. The van der Waals surface area contributed by atoms with E-state index < -0.39 is 6.10 Å². The van der Waals surface area contributed by atoms with E-state index in [1.807, 2.05) is 6.92 Å². The Morgan fingerprint density at radius 2 is 2.25 bits per heavy atom. The van der Waals surface area contributed by atoms with Gasteiger partial charge in [0, 0.05) is 6.42 Å². The average Bonchev–Trinajstić information content (AvgIpc) is 1.83. The summed E-state index contributed by atoms with van der Waals surface area (Å²) in [5.41, 5.74) is 0. The van der Waals surface area contributed by atoms with Crippen LogP contribution in [0.1, 0.15) is 13.3 Å². The van der Waals surface area contributed by atoms with E-state index in [1.54, 1.807) is 0 Å². The Morgan fingerprint density at radius 3 is 2.62 bits per heavy atom. The highest BCUT2D eigenvalue weighted by molar-refractivity contribution is 5.03. The Morgan fingerprint density at radius 1 is 1.62 bits per heavy atom. The van der Waals surface area contributed by atoms with Gasteiger partial charge in [0.1, 0.15) is 6.10 Å². The molecule has 1 unspecified atom stereocenters. The fraction of sp³-hybridized carbons (Fsp3) is 0.667. The number of rotatable bonds is 1. The van der Waals surface area contributed by atoms with Gasteiger partial charge < -0.3 is 10.2 Å². The van der Waals surface area contributed by atoms with Crippen molar-refractivity contribution in [1.82, 2.24) is 0 Å². The van der Waals surface area contributed by atoms with Gasteiger partial charge in [-0.1, -0.05) is 12.8 Å². The number of hydrogen-bond donors (Lipinski definition) is 2. The van der Waals surface area contributed by atoms with Crippen LogP contribution >= 0.6 is 0 Å². The quantitative estimate of drug-likeness (QED) is 0.461. The van der Waals surface area contributed by atoms with Crippen LogP contribution in [-0.4, -0.2) is 22.9 Å². The lowest BCUT2D eigenvalue weighted by Gasteiger charge is -1.91. The second kappa shape index (κ2) is 4.63. The molecule has 0 amide bonds. The van der Waals surface area contributed by atoms with Crippen molar-refractivity contribution in [3.8, 4) is 11.8 Å². The molecule has 0 bridgehead atoms. The summed E-state index contributed by atoms with van der Waals surface area (Å²) in [5, 5.41) is 16.8. The molecule has 0 aliphatic rings. The molecular weight excluding hydrogens is 104 g/mol. The van der Waals surface area contributed by atoms with Crippen LogP contribution in [0.5, 0.6) is 0 Å². The van der Waals surface area contributed by atoms with Crippen molar-refractivity contribution in [2.24, 2.45) is 0 Å². The topological polar surface area (TPSA) is 40.5 Å². The van der Waals surface area contributed by atoms with E-state index >= 15 is 0 Å². The Labute approximate surface area is 49.2 Å². The van der Waals surface area contributed by atoms with Gasteiger partial charge in [-0.25, -0.2) is 0 Å². The van der Waals surface area contributed by atoms with E-state index in [1.165, 1.54) is 0 Å². The highest BCUT2D eigenvalue weighted by Crippen LogP contribution is 1.75. The predicted molar refractivity (Wildman–Crippen MR) is 31.2 cm³/mol. The van der Waals surface area contributed by atoms with Gasteiger partial charge in [-0.05, 0) is 0 Å². The highest BCUT2D eigenvalue weighted by Gasteiger charge is 1.90. The Balaban J connectivity index is 3.35. The molecule has 0 spiro atoms. The SMILES string of the molecule is CCC#CC(O)CO. The summed E-state index contributed by atoms with van der Waals surface area (Å²) in [5.74, 6) is 5.08. The first-order valence-electron chi connectivity index (χ1n) is 2.58. The largest absolute Gasteiger partial charge is 0.393 e. The third-order valence-corrected chi connectivity index (χ3v) is 0.618. The van der Waals surface area contributed by atoms with Gasteiger partial charge >= 0.3 is 0 Å². The third kappa shape index (κ3) is 3.66. The van der Waals surface area contributed by atoms with Crippen molar-refractivity contribution in [2.45, 2.75) is 19.4 Å². The smallest absolute Gasteiger partial charge is 0.137 e. The van der Waals surface area contributed by atoms with E-state index in [-0.39, 0.29) is 6.61 Å². The Hall–Kier alpha value is -0.520. The number of aliphatic hydroxyl groups excluding tert-OH is 2. The standard InChI is InChI=1S/C6H10O2/c1-2-3-4-6(8)5-7/h6-8H,2,5H2,1H3. The predicted octanol–water partition coefficient (Wildman–Crippen LogP) is -0.247. The number of aliphatic hydroxyl groups is 2. The van der Waals surface area contributed by atoms with E-state index in [0.717, 1.165) is 6.42 Å². The van der Waals surface area contributed by atoms with Crippen molar-refractivity contribution in [1.29, 1.82) is 0 Å². The lowest BCUT2D eigenvalue weighted by molar-refractivity contribution is 0.138. The first-order valence-corrected chi connectivity index (χ1v) is 2.58. The molecule has 0 aromatic rings. The van der Waals surface area contributed by atoms with Gasteiger partial charge in [0.2, 0.25) is 0 Å². The fourth-order valence-corrected chi connectivity index (χ4v) is 0.266. The molecule has 0 saturated heterocycles. The molecule has 8 heavy (non-hydrogen) atoms. The van der Waals surface area contributed by atoms with Crippen LogP contribution in [0.15, 0.2) is 0 Å². The Kier molecular flexibility index (Phi) is 4.33. The van der Waals surface area contributed by atoms with Gasteiger partial charge in [-0.3, -0.25) is 0 Å². The van der Waals surface area contributed by atoms with Crippen LogP contribution in [0.25, 0.3) is 0 Å². The summed E-state index contributed by atoms with van der Waals surface area (Å²) in [6, 6.07) is 0. The summed E-state index contributed by atoms with van der Waals surface area (Å²) in [6.45, 7) is 1.62. The van der Waals surface area contributed by atoms with Gasteiger partial charge in [-0.2, -0.15) is 0 Å². The molecule has 1 atom stereocenters. The molecule has 46 valence electrons. The van der Waals surface area contributed by atoms with Crippen molar-refractivity contribution < 1.29 is 10.2 Å². The minimum absolute atomic E-state index is 0.271. The van der Waals surface area contributed by atoms with Crippen LogP contribution in [0.4, 0.5) is 0 Å². The summed E-state index contributed by atoms with van der Waals surface area (Å²) >= 11 is 0. The molecular formula is C6H10O2. The van der Waals surface area contributed by atoms with Gasteiger partial charge in [0.05, 0.1) is 6.61 Å². The fourth-order valence-electron chi connectivity index (χ4n) is 0.266. The third-order valence-electron chi connectivity index (χ3n) is 0.618. The molecule has 0 heterocycles.